The largest absolute Gasteiger partial charge is 0.354 e. The Hall–Kier alpha value is -2.80. The fraction of sp³-hybridized carbons (Fsp3) is 0.577. The molecular weight excluding hydrogens is 508 g/mol. The molecule has 3 saturated heterocycles. The van der Waals surface area contributed by atoms with Gasteiger partial charge in [-0.1, -0.05) is 13.0 Å². The lowest BCUT2D eigenvalue weighted by atomic mass is 9.97. The molecule has 0 radical (unpaired) electrons. The van der Waals surface area contributed by atoms with Crippen molar-refractivity contribution in [2.75, 3.05) is 62.3 Å². The van der Waals surface area contributed by atoms with Crippen LogP contribution in [0.3, 0.4) is 0 Å². The molecule has 11 nitrogen and oxygen atoms in total. The molecule has 12 heteroatoms. The van der Waals surface area contributed by atoms with Crippen LogP contribution in [0.2, 0.25) is 0 Å². The zero-order valence-corrected chi connectivity index (χ0v) is 23.0. The van der Waals surface area contributed by atoms with Crippen LogP contribution in [0.1, 0.15) is 37.6 Å². The Bertz CT molecular complexity index is 1260. The quantitative estimate of drug-likeness (QED) is 0.552. The van der Waals surface area contributed by atoms with Crippen molar-refractivity contribution in [3.63, 3.8) is 0 Å². The molecule has 0 bridgehead atoms. The number of carbonyl (C=O) groups is 1. The van der Waals surface area contributed by atoms with Crippen molar-refractivity contribution in [2.45, 2.75) is 44.0 Å². The van der Waals surface area contributed by atoms with Gasteiger partial charge in [0.25, 0.3) is 15.9 Å². The van der Waals surface area contributed by atoms with E-state index in [-0.39, 0.29) is 22.4 Å². The molecule has 38 heavy (non-hydrogen) atoms. The van der Waals surface area contributed by atoms with E-state index in [1.54, 1.807) is 30.5 Å². The highest BCUT2D eigenvalue weighted by Gasteiger charge is 2.39. The SMILES string of the molecule is CC1CN(c2ncccc2C(=O)NS(=O)(=O)c2cccc(N3CCN(CC4OCCO4)CC3)n2)C(C)(C)C1. The number of rotatable bonds is 7. The fourth-order valence-corrected chi connectivity index (χ4v) is 6.52. The topological polar surface area (TPSA) is 117 Å². The van der Waals surface area contributed by atoms with Crippen molar-refractivity contribution in [3.05, 3.63) is 42.1 Å². The summed E-state index contributed by atoms with van der Waals surface area (Å²) in [7, 11) is -4.20. The van der Waals surface area contributed by atoms with Crippen LogP contribution in [-0.4, -0.2) is 93.5 Å². The van der Waals surface area contributed by atoms with Crippen LogP contribution in [0.25, 0.3) is 0 Å². The summed E-state index contributed by atoms with van der Waals surface area (Å²) in [5.74, 6) is 0.760. The van der Waals surface area contributed by atoms with Gasteiger partial charge in [-0.25, -0.2) is 14.7 Å². The molecule has 2 aromatic rings. The number of amides is 1. The van der Waals surface area contributed by atoms with E-state index in [4.69, 9.17) is 9.47 Å². The summed E-state index contributed by atoms with van der Waals surface area (Å²) in [6.45, 7) is 12.0. The summed E-state index contributed by atoms with van der Waals surface area (Å²) >= 11 is 0. The van der Waals surface area contributed by atoms with Crippen molar-refractivity contribution in [1.29, 1.82) is 0 Å². The number of hydrogen-bond acceptors (Lipinski definition) is 10. The average Bonchev–Trinajstić information content (AvgIpc) is 3.50. The van der Waals surface area contributed by atoms with E-state index in [9.17, 15) is 13.2 Å². The van der Waals surface area contributed by atoms with Crippen molar-refractivity contribution in [1.82, 2.24) is 19.6 Å². The van der Waals surface area contributed by atoms with Gasteiger partial charge >= 0.3 is 0 Å². The Morgan fingerprint density at radius 3 is 2.53 bits per heavy atom. The van der Waals surface area contributed by atoms with Crippen LogP contribution < -0.4 is 14.5 Å². The number of piperazine rings is 1. The Balaban J connectivity index is 1.27. The lowest BCUT2D eigenvalue weighted by Gasteiger charge is -2.36. The van der Waals surface area contributed by atoms with Crippen LogP contribution in [0.4, 0.5) is 11.6 Å². The number of ether oxygens (including phenoxy) is 2. The molecule has 0 saturated carbocycles. The lowest BCUT2D eigenvalue weighted by Crippen LogP contribution is -2.49. The highest BCUT2D eigenvalue weighted by molar-refractivity contribution is 7.90. The number of hydrogen-bond donors (Lipinski definition) is 1. The van der Waals surface area contributed by atoms with E-state index in [0.29, 0.717) is 50.4 Å². The monoisotopic (exact) mass is 544 g/mol. The van der Waals surface area contributed by atoms with Crippen LogP contribution >= 0.6 is 0 Å². The van der Waals surface area contributed by atoms with Gasteiger partial charge in [0, 0.05) is 51.0 Å². The molecule has 1 unspecified atom stereocenters. The second-order valence-electron chi connectivity index (χ2n) is 10.8. The van der Waals surface area contributed by atoms with Crippen LogP contribution in [0.5, 0.6) is 0 Å². The first kappa shape index (κ1) is 26.8. The summed E-state index contributed by atoms with van der Waals surface area (Å²) in [4.78, 5) is 28.5. The molecule has 0 spiro atoms. The highest BCUT2D eigenvalue weighted by atomic mass is 32.2. The summed E-state index contributed by atoms with van der Waals surface area (Å²) < 4.78 is 39.7. The maximum atomic E-state index is 13.2. The normalized spacial score (nSPS) is 22.7. The third-order valence-electron chi connectivity index (χ3n) is 7.37. The minimum Gasteiger partial charge on any atom is -0.354 e. The summed E-state index contributed by atoms with van der Waals surface area (Å²) in [5.41, 5.74) is 0.0272. The van der Waals surface area contributed by atoms with Crippen molar-refractivity contribution in [2.24, 2.45) is 5.92 Å². The van der Waals surface area contributed by atoms with Crippen LogP contribution in [0.15, 0.2) is 41.6 Å². The Morgan fingerprint density at radius 2 is 1.84 bits per heavy atom. The second kappa shape index (κ2) is 10.8. The molecule has 1 atom stereocenters. The van der Waals surface area contributed by atoms with Crippen molar-refractivity contribution in [3.8, 4) is 0 Å². The molecule has 0 aliphatic carbocycles. The second-order valence-corrected chi connectivity index (χ2v) is 12.5. The Morgan fingerprint density at radius 1 is 1.11 bits per heavy atom. The van der Waals surface area contributed by atoms with Gasteiger partial charge in [0.15, 0.2) is 11.3 Å². The van der Waals surface area contributed by atoms with Crippen LogP contribution in [-0.2, 0) is 19.5 Å². The van der Waals surface area contributed by atoms with E-state index in [1.807, 2.05) is 4.90 Å². The zero-order valence-electron chi connectivity index (χ0n) is 22.2. The molecule has 3 aliphatic rings. The molecular formula is C26H36N6O5S. The van der Waals surface area contributed by atoms with E-state index in [1.165, 1.54) is 6.07 Å². The summed E-state index contributed by atoms with van der Waals surface area (Å²) in [6, 6.07) is 8.09. The van der Waals surface area contributed by atoms with E-state index in [2.05, 4.69) is 45.3 Å². The minimum atomic E-state index is -4.20. The first-order chi connectivity index (χ1) is 18.1. The van der Waals surface area contributed by atoms with Gasteiger partial charge in [0.05, 0.1) is 18.8 Å². The molecule has 1 amide bonds. The number of anilines is 2. The molecule has 5 heterocycles. The zero-order chi connectivity index (χ0) is 26.9. The lowest BCUT2D eigenvalue weighted by molar-refractivity contribution is -0.0624. The molecule has 3 aliphatic heterocycles. The molecule has 5 rings (SSSR count). The molecule has 0 aromatic carbocycles. The van der Waals surface area contributed by atoms with Crippen molar-refractivity contribution < 1.29 is 22.7 Å². The first-order valence-electron chi connectivity index (χ1n) is 13.1. The fourth-order valence-electron chi connectivity index (χ4n) is 5.59. The highest BCUT2D eigenvalue weighted by Crippen LogP contribution is 2.37. The molecule has 3 fully saturated rings. The maximum Gasteiger partial charge on any atom is 0.281 e. The van der Waals surface area contributed by atoms with E-state index >= 15 is 0 Å². The standard InChI is InChI=1S/C26H36N6O5S/c1-19-16-26(2,3)32(17-19)24-20(6-5-9-27-24)25(33)29-38(34,35)22-8-4-7-21(28-22)31-12-10-30(11-13-31)18-23-36-14-15-37-23/h4-9,19,23H,10-18H2,1-3H3,(H,29,33). The Labute approximate surface area is 224 Å². The number of aromatic nitrogens is 2. The average molecular weight is 545 g/mol. The van der Waals surface area contributed by atoms with Gasteiger partial charge in [-0.3, -0.25) is 9.69 Å². The molecule has 206 valence electrons. The van der Waals surface area contributed by atoms with Gasteiger partial charge in [0.2, 0.25) is 0 Å². The summed E-state index contributed by atoms with van der Waals surface area (Å²) in [5, 5.41) is -0.195. The summed E-state index contributed by atoms with van der Waals surface area (Å²) in [6.07, 6.45) is 2.39. The third-order valence-corrected chi connectivity index (χ3v) is 8.60. The predicted molar refractivity (Wildman–Crippen MR) is 143 cm³/mol. The van der Waals surface area contributed by atoms with Gasteiger partial charge in [-0.2, -0.15) is 8.42 Å². The first-order valence-corrected chi connectivity index (χ1v) is 14.6. The van der Waals surface area contributed by atoms with Gasteiger partial charge in [-0.15, -0.1) is 0 Å². The predicted octanol–water partition coefficient (Wildman–Crippen LogP) is 1.72. The van der Waals surface area contributed by atoms with Gasteiger partial charge in [0.1, 0.15) is 11.6 Å². The molecule has 2 aromatic heterocycles. The Kier molecular flexibility index (Phi) is 7.58. The number of sulfonamides is 1. The smallest absolute Gasteiger partial charge is 0.281 e. The van der Waals surface area contributed by atoms with Gasteiger partial charge in [-0.05, 0) is 50.5 Å². The van der Waals surface area contributed by atoms with E-state index in [0.717, 1.165) is 26.1 Å². The maximum absolute atomic E-state index is 13.2. The number of nitrogens with one attached hydrogen (secondary N) is 1. The van der Waals surface area contributed by atoms with Gasteiger partial charge < -0.3 is 19.3 Å². The minimum absolute atomic E-state index is 0.183. The van der Waals surface area contributed by atoms with Crippen molar-refractivity contribution >= 4 is 27.6 Å². The van der Waals surface area contributed by atoms with Crippen LogP contribution in [0, 0.1) is 5.92 Å². The van der Waals surface area contributed by atoms with E-state index < -0.39 is 15.9 Å². The third kappa shape index (κ3) is 5.78. The number of pyridine rings is 2. The molecule has 1 N–H and O–H groups in total. The number of nitrogens with zero attached hydrogens (tertiary/aromatic N) is 5. The number of carbonyl (C=O) groups excluding carboxylic acids is 1.